The second-order valence-electron chi connectivity index (χ2n) is 4.50. The maximum atomic E-state index is 12.1. The number of thioether (sulfide) groups is 1. The van der Waals surface area contributed by atoms with E-state index in [1.54, 1.807) is 24.3 Å². The van der Waals surface area contributed by atoms with Crippen LogP contribution in [0.25, 0.3) is 0 Å². The van der Waals surface area contributed by atoms with Crippen LogP contribution < -0.4 is 5.32 Å². The lowest BCUT2D eigenvalue weighted by molar-refractivity contribution is 0.0936. The Morgan fingerprint density at radius 2 is 1.94 bits per heavy atom. The number of hydrogen-bond donors (Lipinski definition) is 1. The largest absolute Gasteiger partial charge is 0.349 e. The van der Waals surface area contributed by atoms with Crippen molar-refractivity contribution in [1.29, 1.82) is 0 Å². The Labute approximate surface area is 109 Å². The zero-order valence-electron chi connectivity index (χ0n) is 10.0. The first-order valence-electron chi connectivity index (χ1n) is 5.92. The number of carbonyl (C=O) groups is 1. The van der Waals surface area contributed by atoms with Crippen LogP contribution in [0.4, 0.5) is 8.78 Å². The average Bonchev–Trinajstić information content (AvgIpc) is 3.12. The number of carbonyl (C=O) groups excluding carboxylic acids is 1. The van der Waals surface area contributed by atoms with Gasteiger partial charge in [0.05, 0.1) is 0 Å². The van der Waals surface area contributed by atoms with Crippen LogP contribution in [0.1, 0.15) is 30.1 Å². The summed E-state index contributed by atoms with van der Waals surface area (Å²) < 4.78 is 24.3. The second kappa shape index (κ2) is 5.69. The van der Waals surface area contributed by atoms with Crippen LogP contribution in [0.3, 0.4) is 0 Å². The number of rotatable bonds is 5. The zero-order valence-corrected chi connectivity index (χ0v) is 10.8. The third-order valence-corrected chi connectivity index (χ3v) is 3.75. The monoisotopic (exact) mass is 271 g/mol. The number of hydrogen-bond acceptors (Lipinski definition) is 2. The van der Waals surface area contributed by atoms with Crippen LogP contribution in [-0.2, 0) is 0 Å². The van der Waals surface area contributed by atoms with Crippen LogP contribution in [0.2, 0.25) is 0 Å². The van der Waals surface area contributed by atoms with E-state index in [0.717, 1.165) is 0 Å². The Balaban J connectivity index is 1.93. The summed E-state index contributed by atoms with van der Waals surface area (Å²) in [4.78, 5) is 12.3. The molecule has 1 aliphatic carbocycles. The molecule has 0 saturated heterocycles. The highest BCUT2D eigenvalue weighted by molar-refractivity contribution is 7.99. The van der Waals surface area contributed by atoms with Crippen molar-refractivity contribution in [2.24, 2.45) is 5.92 Å². The highest BCUT2D eigenvalue weighted by Gasteiger charge is 2.28. The smallest absolute Gasteiger partial charge is 0.288 e. The van der Waals surface area contributed by atoms with E-state index in [2.05, 4.69) is 5.32 Å². The minimum Gasteiger partial charge on any atom is -0.349 e. The molecule has 98 valence electrons. The summed E-state index contributed by atoms with van der Waals surface area (Å²) >= 11 is 0.483. The fourth-order valence-corrected chi connectivity index (χ4v) is 2.29. The van der Waals surface area contributed by atoms with Gasteiger partial charge in [-0.15, -0.1) is 0 Å². The maximum Gasteiger partial charge on any atom is 0.288 e. The fourth-order valence-electron chi connectivity index (χ4n) is 1.79. The summed E-state index contributed by atoms with van der Waals surface area (Å²) in [5.74, 6) is -1.97. The normalized spacial score (nSPS) is 16.7. The Hall–Kier alpha value is -1.10. The van der Waals surface area contributed by atoms with Crippen LogP contribution in [0, 0.1) is 5.92 Å². The number of amides is 1. The van der Waals surface area contributed by atoms with E-state index in [-0.39, 0.29) is 11.9 Å². The molecule has 1 fully saturated rings. The summed E-state index contributed by atoms with van der Waals surface area (Å²) in [6.07, 6.45) is 2.34. The van der Waals surface area contributed by atoms with Crippen molar-refractivity contribution < 1.29 is 13.6 Å². The molecule has 1 aliphatic rings. The molecule has 2 nitrogen and oxygen atoms in total. The highest BCUT2D eigenvalue weighted by Crippen LogP contribution is 2.32. The molecule has 0 radical (unpaired) electrons. The van der Waals surface area contributed by atoms with Gasteiger partial charge < -0.3 is 5.32 Å². The molecule has 0 spiro atoms. The molecular formula is C13H15F2NOS. The average molecular weight is 271 g/mol. The predicted octanol–water partition coefficient (Wildman–Crippen LogP) is 3.53. The van der Waals surface area contributed by atoms with Crippen molar-refractivity contribution in [3.8, 4) is 0 Å². The third-order valence-electron chi connectivity index (χ3n) is 3.03. The molecule has 1 amide bonds. The number of halogens is 2. The predicted molar refractivity (Wildman–Crippen MR) is 68.0 cm³/mol. The van der Waals surface area contributed by atoms with E-state index >= 15 is 0 Å². The quantitative estimate of drug-likeness (QED) is 0.830. The SMILES string of the molecule is CC(NC(=O)c1ccc(SC(F)F)cc1)C1CC1. The first-order chi connectivity index (χ1) is 8.56. The molecule has 1 aromatic rings. The van der Waals surface area contributed by atoms with Crippen LogP contribution in [-0.4, -0.2) is 17.7 Å². The molecule has 1 N–H and O–H groups in total. The lowest BCUT2D eigenvalue weighted by Gasteiger charge is -2.12. The van der Waals surface area contributed by atoms with E-state index in [4.69, 9.17) is 0 Å². The first kappa shape index (κ1) is 13.3. The van der Waals surface area contributed by atoms with Crippen molar-refractivity contribution in [2.45, 2.75) is 36.5 Å². The van der Waals surface area contributed by atoms with Gasteiger partial charge in [0, 0.05) is 16.5 Å². The molecule has 0 aliphatic heterocycles. The van der Waals surface area contributed by atoms with E-state index in [1.165, 1.54) is 12.8 Å². The Morgan fingerprint density at radius 3 is 2.44 bits per heavy atom. The summed E-state index contributed by atoms with van der Waals surface area (Å²) in [5.41, 5.74) is 0.515. The van der Waals surface area contributed by atoms with Crippen LogP contribution in [0.5, 0.6) is 0 Å². The summed E-state index contributed by atoms with van der Waals surface area (Å²) in [7, 11) is 0. The zero-order chi connectivity index (χ0) is 13.1. The Kier molecular flexibility index (Phi) is 4.22. The van der Waals surface area contributed by atoms with E-state index < -0.39 is 5.76 Å². The molecule has 0 bridgehead atoms. The first-order valence-corrected chi connectivity index (χ1v) is 6.80. The number of alkyl halides is 2. The van der Waals surface area contributed by atoms with Gasteiger partial charge in [-0.25, -0.2) is 0 Å². The Bertz CT molecular complexity index is 418. The molecule has 5 heteroatoms. The summed E-state index contributed by atoms with van der Waals surface area (Å²) in [6, 6.07) is 6.45. The molecule has 0 heterocycles. The molecule has 1 unspecified atom stereocenters. The molecule has 0 aromatic heterocycles. The van der Waals surface area contributed by atoms with Crippen molar-refractivity contribution in [2.75, 3.05) is 0 Å². The molecule has 2 rings (SSSR count). The van der Waals surface area contributed by atoms with Crippen molar-refractivity contribution >= 4 is 17.7 Å². The van der Waals surface area contributed by atoms with Crippen LogP contribution >= 0.6 is 11.8 Å². The minimum absolute atomic E-state index is 0.136. The van der Waals surface area contributed by atoms with Crippen molar-refractivity contribution in [1.82, 2.24) is 5.32 Å². The van der Waals surface area contributed by atoms with Gasteiger partial charge in [0.2, 0.25) is 0 Å². The Morgan fingerprint density at radius 1 is 1.33 bits per heavy atom. The van der Waals surface area contributed by atoms with Gasteiger partial charge in [-0.2, -0.15) is 8.78 Å². The number of nitrogens with one attached hydrogen (secondary N) is 1. The van der Waals surface area contributed by atoms with Gasteiger partial charge in [0.25, 0.3) is 11.7 Å². The van der Waals surface area contributed by atoms with Gasteiger partial charge in [0.15, 0.2) is 0 Å². The standard InChI is InChI=1S/C13H15F2NOS/c1-8(9-2-3-9)16-12(17)10-4-6-11(7-5-10)18-13(14)15/h4-9,13H,2-3H2,1H3,(H,16,17). The van der Waals surface area contributed by atoms with E-state index in [1.807, 2.05) is 6.92 Å². The van der Waals surface area contributed by atoms with Gasteiger partial charge in [-0.05, 0) is 49.9 Å². The van der Waals surface area contributed by atoms with E-state index in [0.29, 0.717) is 28.1 Å². The molecular weight excluding hydrogens is 256 g/mol. The molecule has 18 heavy (non-hydrogen) atoms. The van der Waals surface area contributed by atoms with Crippen molar-refractivity contribution in [3.63, 3.8) is 0 Å². The van der Waals surface area contributed by atoms with Gasteiger partial charge in [-0.1, -0.05) is 11.8 Å². The second-order valence-corrected chi connectivity index (χ2v) is 5.57. The maximum absolute atomic E-state index is 12.1. The molecule has 1 aromatic carbocycles. The number of benzene rings is 1. The highest BCUT2D eigenvalue weighted by atomic mass is 32.2. The summed E-state index contributed by atoms with van der Waals surface area (Å²) in [6.45, 7) is 2.00. The lowest BCUT2D eigenvalue weighted by atomic mass is 10.1. The van der Waals surface area contributed by atoms with Gasteiger partial charge >= 0.3 is 0 Å². The van der Waals surface area contributed by atoms with E-state index in [9.17, 15) is 13.6 Å². The van der Waals surface area contributed by atoms with Gasteiger partial charge in [-0.3, -0.25) is 4.79 Å². The molecule has 1 saturated carbocycles. The minimum atomic E-state index is -2.43. The van der Waals surface area contributed by atoms with Crippen molar-refractivity contribution in [3.05, 3.63) is 29.8 Å². The van der Waals surface area contributed by atoms with Crippen LogP contribution in [0.15, 0.2) is 29.2 Å². The fraction of sp³-hybridized carbons (Fsp3) is 0.462. The lowest BCUT2D eigenvalue weighted by Crippen LogP contribution is -2.33. The third kappa shape index (κ3) is 3.70. The molecule has 1 atom stereocenters. The van der Waals surface area contributed by atoms with Gasteiger partial charge in [0.1, 0.15) is 0 Å². The summed E-state index contributed by atoms with van der Waals surface area (Å²) in [5, 5.41) is 2.92. The topological polar surface area (TPSA) is 29.1 Å².